The molecule has 0 fully saturated rings. The Kier molecular flexibility index (Phi) is 5.66. The van der Waals surface area contributed by atoms with Crippen molar-refractivity contribution in [2.45, 2.75) is 32.0 Å². The molecule has 1 amide bonds. The molecule has 0 spiro atoms. The summed E-state index contributed by atoms with van der Waals surface area (Å²) in [6.07, 6.45) is -4.47. The van der Waals surface area contributed by atoms with Crippen molar-refractivity contribution in [3.05, 3.63) is 64.8 Å². The van der Waals surface area contributed by atoms with E-state index in [1.165, 1.54) is 0 Å². The Morgan fingerprint density at radius 3 is 2.58 bits per heavy atom. The van der Waals surface area contributed by atoms with Gasteiger partial charge in [-0.3, -0.25) is 4.79 Å². The Labute approximate surface area is 181 Å². The number of rotatable bonds is 5. The predicted molar refractivity (Wildman–Crippen MR) is 111 cm³/mol. The van der Waals surface area contributed by atoms with Crippen LogP contribution in [0.1, 0.15) is 18.2 Å². The molecule has 1 atom stereocenters. The summed E-state index contributed by atoms with van der Waals surface area (Å²) >= 11 is 6.04. The number of ether oxygens (including phenoxy) is 1. The highest BCUT2D eigenvalue weighted by atomic mass is 35.5. The van der Waals surface area contributed by atoms with Crippen molar-refractivity contribution in [1.29, 1.82) is 0 Å². The lowest BCUT2D eigenvalue weighted by Crippen LogP contribution is -2.43. The Morgan fingerprint density at radius 2 is 1.90 bits per heavy atom. The van der Waals surface area contributed by atoms with Gasteiger partial charge in [-0.1, -0.05) is 35.9 Å². The highest BCUT2D eigenvalue weighted by molar-refractivity contribution is 6.30. The van der Waals surface area contributed by atoms with E-state index >= 15 is 0 Å². The molecule has 1 heterocycles. The second kappa shape index (κ2) is 8.26. The zero-order chi connectivity index (χ0) is 22.2. The molecule has 31 heavy (non-hydrogen) atoms. The van der Waals surface area contributed by atoms with Crippen LogP contribution in [0.3, 0.4) is 0 Å². The van der Waals surface area contributed by atoms with Gasteiger partial charge in [0.2, 0.25) is 0 Å². The summed E-state index contributed by atoms with van der Waals surface area (Å²) in [4.78, 5) is 11.4. The van der Waals surface area contributed by atoms with Crippen molar-refractivity contribution < 1.29 is 22.7 Å². The van der Waals surface area contributed by atoms with E-state index in [1.807, 2.05) is 43.3 Å². The van der Waals surface area contributed by atoms with Gasteiger partial charge in [0.05, 0.1) is 18.0 Å². The van der Waals surface area contributed by atoms with Gasteiger partial charge in [-0.25, -0.2) is 4.68 Å². The first-order valence-corrected chi connectivity index (χ1v) is 10.1. The molecule has 0 saturated carbocycles. The number of hydrogen-bond acceptors (Lipinski definition) is 3. The minimum atomic E-state index is -4.92. The standard InChI is InChI=1S/C22H19ClF3N3O2/c1-2-31-19-6-4-3-5-18(19)29-20(13-7-9-14(23)10-8-13)16-11-15(12-17(16)28-29)27-21(30)22(24,25)26/h3-10,15H,2,11-12H2,1H3,(H,27,30)/t15-/m1/s1. The second-order valence-corrected chi connectivity index (χ2v) is 7.61. The predicted octanol–water partition coefficient (Wildman–Crippen LogP) is 4.74. The van der Waals surface area contributed by atoms with Crippen molar-refractivity contribution in [3.63, 3.8) is 0 Å². The molecule has 1 aliphatic rings. The maximum Gasteiger partial charge on any atom is 0.471 e. The van der Waals surface area contributed by atoms with Crippen molar-refractivity contribution in [1.82, 2.24) is 15.1 Å². The number of aromatic nitrogens is 2. The molecule has 9 heteroatoms. The zero-order valence-corrected chi connectivity index (χ0v) is 17.3. The summed E-state index contributed by atoms with van der Waals surface area (Å²) in [6, 6.07) is 13.9. The van der Waals surface area contributed by atoms with Gasteiger partial charge >= 0.3 is 12.1 Å². The second-order valence-electron chi connectivity index (χ2n) is 7.17. The quantitative estimate of drug-likeness (QED) is 0.612. The van der Waals surface area contributed by atoms with Crippen LogP contribution in [0.4, 0.5) is 13.2 Å². The fourth-order valence-electron chi connectivity index (χ4n) is 3.78. The lowest BCUT2D eigenvalue weighted by Gasteiger charge is -2.17. The fourth-order valence-corrected chi connectivity index (χ4v) is 3.91. The average Bonchev–Trinajstić information content (AvgIpc) is 3.26. The van der Waals surface area contributed by atoms with Gasteiger partial charge in [0.1, 0.15) is 11.4 Å². The first-order valence-electron chi connectivity index (χ1n) is 9.74. The molecule has 162 valence electrons. The lowest BCUT2D eigenvalue weighted by molar-refractivity contribution is -0.174. The molecule has 0 aliphatic heterocycles. The number of para-hydroxylation sites is 2. The van der Waals surface area contributed by atoms with E-state index in [4.69, 9.17) is 21.4 Å². The molecular weight excluding hydrogens is 431 g/mol. The number of amides is 1. The van der Waals surface area contributed by atoms with Crippen molar-refractivity contribution in [2.24, 2.45) is 0 Å². The third-order valence-electron chi connectivity index (χ3n) is 5.06. The van der Waals surface area contributed by atoms with Crippen LogP contribution in [0.15, 0.2) is 48.5 Å². The van der Waals surface area contributed by atoms with Gasteiger partial charge in [-0.15, -0.1) is 0 Å². The highest BCUT2D eigenvalue weighted by Crippen LogP contribution is 2.37. The maximum atomic E-state index is 12.7. The number of carbonyl (C=O) groups excluding carboxylic acids is 1. The Balaban J connectivity index is 1.77. The summed E-state index contributed by atoms with van der Waals surface area (Å²) in [5.74, 6) is -1.30. The zero-order valence-electron chi connectivity index (χ0n) is 16.5. The number of halogens is 4. The molecule has 0 radical (unpaired) electrons. The third-order valence-corrected chi connectivity index (χ3v) is 5.31. The molecule has 4 rings (SSSR count). The number of nitrogens with one attached hydrogen (secondary N) is 1. The normalized spacial score (nSPS) is 15.6. The number of benzene rings is 2. The fraction of sp³-hybridized carbons (Fsp3) is 0.273. The van der Waals surface area contributed by atoms with Gasteiger partial charge in [0, 0.05) is 28.6 Å². The number of fused-ring (bicyclic) bond motifs is 1. The largest absolute Gasteiger partial charge is 0.492 e. The molecule has 1 aliphatic carbocycles. The summed E-state index contributed by atoms with van der Waals surface area (Å²) in [5.41, 5.74) is 3.71. The number of alkyl halides is 3. The van der Waals surface area contributed by atoms with Gasteiger partial charge in [0.25, 0.3) is 0 Å². The van der Waals surface area contributed by atoms with Crippen LogP contribution in [0.5, 0.6) is 5.75 Å². The summed E-state index contributed by atoms with van der Waals surface area (Å²) in [5, 5.41) is 7.33. The molecule has 1 N–H and O–H groups in total. The van der Waals surface area contributed by atoms with Crippen molar-refractivity contribution >= 4 is 17.5 Å². The maximum absolute atomic E-state index is 12.7. The first-order chi connectivity index (χ1) is 14.8. The van der Waals surface area contributed by atoms with Crippen LogP contribution in [0, 0.1) is 0 Å². The highest BCUT2D eigenvalue weighted by Gasteiger charge is 2.41. The molecule has 3 aromatic rings. The Hall–Kier alpha value is -3.00. The van der Waals surface area contributed by atoms with E-state index < -0.39 is 18.1 Å². The van der Waals surface area contributed by atoms with Crippen LogP contribution in [0.25, 0.3) is 16.9 Å². The van der Waals surface area contributed by atoms with E-state index in [0.29, 0.717) is 23.1 Å². The van der Waals surface area contributed by atoms with Gasteiger partial charge in [-0.2, -0.15) is 18.3 Å². The van der Waals surface area contributed by atoms with Crippen molar-refractivity contribution in [2.75, 3.05) is 6.61 Å². The van der Waals surface area contributed by atoms with Crippen LogP contribution >= 0.6 is 11.6 Å². The van der Waals surface area contributed by atoms with Gasteiger partial charge in [0.15, 0.2) is 0 Å². The van der Waals surface area contributed by atoms with Crippen LogP contribution in [-0.2, 0) is 17.6 Å². The molecule has 0 unspecified atom stereocenters. The smallest absolute Gasteiger partial charge is 0.471 e. The summed E-state index contributed by atoms with van der Waals surface area (Å²) in [6.45, 7) is 2.35. The first kappa shape index (κ1) is 21.2. The van der Waals surface area contributed by atoms with Gasteiger partial charge < -0.3 is 10.1 Å². The van der Waals surface area contributed by atoms with E-state index in [1.54, 1.807) is 16.8 Å². The summed E-state index contributed by atoms with van der Waals surface area (Å²) < 4.78 is 45.6. The van der Waals surface area contributed by atoms with E-state index in [0.717, 1.165) is 22.5 Å². The molecule has 0 bridgehead atoms. The van der Waals surface area contributed by atoms with Crippen LogP contribution < -0.4 is 10.1 Å². The third kappa shape index (κ3) is 4.25. The SMILES string of the molecule is CCOc1ccccc1-n1nc2c(c1-c1ccc(Cl)cc1)C[C@@H](NC(=O)C(F)(F)F)C2. The van der Waals surface area contributed by atoms with Crippen LogP contribution in [0.2, 0.25) is 5.02 Å². The molecule has 2 aromatic carbocycles. The summed E-state index contributed by atoms with van der Waals surface area (Å²) in [7, 11) is 0. The molecular formula is C22H19ClF3N3O2. The van der Waals surface area contributed by atoms with Crippen LogP contribution in [-0.4, -0.2) is 34.5 Å². The Bertz CT molecular complexity index is 1110. The van der Waals surface area contributed by atoms with E-state index in [2.05, 4.69) is 5.32 Å². The average molecular weight is 450 g/mol. The minimum absolute atomic E-state index is 0.210. The Morgan fingerprint density at radius 1 is 1.19 bits per heavy atom. The molecule has 1 aromatic heterocycles. The lowest BCUT2D eigenvalue weighted by atomic mass is 10.1. The number of carbonyl (C=O) groups is 1. The van der Waals surface area contributed by atoms with Gasteiger partial charge in [-0.05, 0) is 37.6 Å². The van der Waals surface area contributed by atoms with E-state index in [-0.39, 0.29) is 12.8 Å². The number of hydrogen-bond donors (Lipinski definition) is 1. The van der Waals surface area contributed by atoms with E-state index in [9.17, 15) is 18.0 Å². The molecule has 5 nitrogen and oxygen atoms in total. The monoisotopic (exact) mass is 449 g/mol. The minimum Gasteiger partial charge on any atom is -0.492 e. The van der Waals surface area contributed by atoms with Crippen molar-refractivity contribution in [3.8, 4) is 22.7 Å². The molecule has 0 saturated heterocycles. The topological polar surface area (TPSA) is 56.1 Å². The number of nitrogens with zero attached hydrogens (tertiary/aromatic N) is 2.